The molecule has 0 aliphatic rings. The number of benzene rings is 1. The lowest BCUT2D eigenvalue weighted by atomic mass is 9.96. The lowest BCUT2D eigenvalue weighted by Crippen LogP contribution is -2.32. The molecule has 0 atom stereocenters. The summed E-state index contributed by atoms with van der Waals surface area (Å²) in [6.07, 6.45) is 1.24. The van der Waals surface area contributed by atoms with Crippen LogP contribution in [0.3, 0.4) is 0 Å². The van der Waals surface area contributed by atoms with Crippen LogP contribution in [-0.4, -0.2) is 17.1 Å². The van der Waals surface area contributed by atoms with Gasteiger partial charge in [-0.25, -0.2) is 0 Å². The van der Waals surface area contributed by atoms with Crippen LogP contribution < -0.4 is 5.73 Å². The first-order valence-corrected chi connectivity index (χ1v) is 6.96. The van der Waals surface area contributed by atoms with Crippen molar-refractivity contribution in [1.29, 1.82) is 0 Å². The Labute approximate surface area is 108 Å². The molecule has 0 spiro atoms. The van der Waals surface area contributed by atoms with Crippen LogP contribution in [-0.2, 0) is 0 Å². The summed E-state index contributed by atoms with van der Waals surface area (Å²) in [4.78, 5) is 13.1. The van der Waals surface area contributed by atoms with Crippen molar-refractivity contribution in [3.05, 3.63) is 29.8 Å². The average molecular weight is 251 g/mol. The van der Waals surface area contributed by atoms with E-state index in [0.717, 1.165) is 17.7 Å². The summed E-state index contributed by atoms with van der Waals surface area (Å²) in [5, 5.41) is 0. The maximum absolute atomic E-state index is 11.9. The topological polar surface area (TPSA) is 43.1 Å². The number of hydrogen-bond donors (Lipinski definition) is 1. The highest BCUT2D eigenvalue weighted by molar-refractivity contribution is 7.99. The number of Topliss-reactive ketones (excluding diaryl/α,β-unsaturated/α-hetero) is 1. The third-order valence-corrected chi connectivity index (χ3v) is 3.38. The third kappa shape index (κ3) is 5.37. The Morgan fingerprint density at radius 3 is 2.35 bits per heavy atom. The first kappa shape index (κ1) is 14.3. The van der Waals surface area contributed by atoms with Crippen molar-refractivity contribution in [2.75, 3.05) is 5.75 Å². The van der Waals surface area contributed by atoms with Crippen molar-refractivity contribution in [1.82, 2.24) is 0 Å². The lowest BCUT2D eigenvalue weighted by molar-refractivity contribution is 0.0972. The molecule has 94 valence electrons. The van der Waals surface area contributed by atoms with Gasteiger partial charge in [-0.3, -0.25) is 4.79 Å². The van der Waals surface area contributed by atoms with Gasteiger partial charge in [-0.15, -0.1) is 11.8 Å². The van der Waals surface area contributed by atoms with Gasteiger partial charge in [0, 0.05) is 22.4 Å². The predicted molar refractivity (Wildman–Crippen MR) is 74.7 cm³/mol. The maximum atomic E-state index is 11.9. The molecule has 2 N–H and O–H groups in total. The molecule has 0 aliphatic carbocycles. The van der Waals surface area contributed by atoms with Crippen LogP contribution in [0, 0.1) is 0 Å². The zero-order chi connectivity index (χ0) is 12.9. The quantitative estimate of drug-likeness (QED) is 0.621. The highest BCUT2D eigenvalue weighted by atomic mass is 32.2. The highest BCUT2D eigenvalue weighted by Crippen LogP contribution is 2.19. The lowest BCUT2D eigenvalue weighted by Gasteiger charge is -2.17. The van der Waals surface area contributed by atoms with Gasteiger partial charge in [0.05, 0.1) is 0 Å². The Bertz CT molecular complexity index is 365. The Morgan fingerprint density at radius 1 is 1.29 bits per heavy atom. The molecule has 1 rings (SSSR count). The molecular formula is C14H21NOS. The van der Waals surface area contributed by atoms with Crippen molar-refractivity contribution in [2.24, 2.45) is 5.73 Å². The minimum Gasteiger partial charge on any atom is -0.326 e. The number of carbonyl (C=O) groups is 1. The van der Waals surface area contributed by atoms with E-state index in [9.17, 15) is 4.79 Å². The molecule has 0 amide bonds. The average Bonchev–Trinajstić information content (AvgIpc) is 2.26. The number of hydrogen-bond acceptors (Lipinski definition) is 3. The summed E-state index contributed by atoms with van der Waals surface area (Å²) in [5.74, 6) is 1.23. The van der Waals surface area contributed by atoms with Crippen molar-refractivity contribution in [3.63, 3.8) is 0 Å². The number of carbonyl (C=O) groups excluding carboxylic acids is 1. The van der Waals surface area contributed by atoms with Gasteiger partial charge in [0.25, 0.3) is 0 Å². The van der Waals surface area contributed by atoms with Gasteiger partial charge in [-0.2, -0.15) is 0 Å². The van der Waals surface area contributed by atoms with Gasteiger partial charge in [0.15, 0.2) is 5.78 Å². The SMILES string of the molecule is CCSc1ccc(C(=O)CCC(C)(C)N)cc1. The van der Waals surface area contributed by atoms with Crippen LogP contribution in [0.4, 0.5) is 0 Å². The monoisotopic (exact) mass is 251 g/mol. The molecule has 0 unspecified atom stereocenters. The zero-order valence-electron chi connectivity index (χ0n) is 10.8. The molecule has 0 radical (unpaired) electrons. The molecule has 0 fully saturated rings. The van der Waals surface area contributed by atoms with Gasteiger partial charge in [0.1, 0.15) is 0 Å². The Kier molecular flexibility index (Phi) is 5.22. The molecule has 17 heavy (non-hydrogen) atoms. The molecule has 0 saturated heterocycles. The minimum absolute atomic E-state index is 0.177. The van der Waals surface area contributed by atoms with Crippen LogP contribution in [0.15, 0.2) is 29.2 Å². The zero-order valence-corrected chi connectivity index (χ0v) is 11.6. The second kappa shape index (κ2) is 6.22. The number of thioether (sulfide) groups is 1. The first-order valence-electron chi connectivity index (χ1n) is 5.97. The Hall–Kier alpha value is -0.800. The summed E-state index contributed by atoms with van der Waals surface area (Å²) in [6, 6.07) is 7.83. The molecule has 3 heteroatoms. The van der Waals surface area contributed by atoms with Gasteiger partial charge in [0.2, 0.25) is 0 Å². The summed E-state index contributed by atoms with van der Waals surface area (Å²) in [5.41, 5.74) is 6.39. The molecular weight excluding hydrogens is 230 g/mol. The largest absolute Gasteiger partial charge is 0.326 e. The van der Waals surface area contributed by atoms with Crippen LogP contribution in [0.2, 0.25) is 0 Å². The van der Waals surface area contributed by atoms with E-state index in [0.29, 0.717) is 6.42 Å². The molecule has 0 heterocycles. The van der Waals surface area contributed by atoms with E-state index in [-0.39, 0.29) is 11.3 Å². The van der Waals surface area contributed by atoms with Crippen LogP contribution in [0.5, 0.6) is 0 Å². The fourth-order valence-electron chi connectivity index (χ4n) is 1.48. The van der Waals surface area contributed by atoms with E-state index in [1.54, 1.807) is 11.8 Å². The predicted octanol–water partition coefficient (Wildman–Crippen LogP) is 3.50. The smallest absolute Gasteiger partial charge is 0.162 e. The fourth-order valence-corrected chi connectivity index (χ4v) is 2.15. The van der Waals surface area contributed by atoms with Gasteiger partial charge < -0.3 is 5.73 Å². The van der Waals surface area contributed by atoms with Crippen molar-refractivity contribution in [3.8, 4) is 0 Å². The molecule has 0 saturated carbocycles. The van der Waals surface area contributed by atoms with E-state index in [4.69, 9.17) is 5.73 Å². The number of nitrogens with two attached hydrogens (primary N) is 1. The molecule has 0 aromatic heterocycles. The fraction of sp³-hybridized carbons (Fsp3) is 0.500. The van der Waals surface area contributed by atoms with Crippen molar-refractivity contribution in [2.45, 2.75) is 44.0 Å². The second-order valence-electron chi connectivity index (χ2n) is 4.87. The van der Waals surface area contributed by atoms with Crippen LogP contribution in [0.1, 0.15) is 44.0 Å². The molecule has 1 aromatic carbocycles. The number of ketones is 1. The maximum Gasteiger partial charge on any atom is 0.162 e. The van der Waals surface area contributed by atoms with E-state index < -0.39 is 0 Å². The van der Waals surface area contributed by atoms with Gasteiger partial charge in [-0.05, 0) is 38.2 Å². The van der Waals surface area contributed by atoms with E-state index in [1.807, 2.05) is 38.1 Å². The van der Waals surface area contributed by atoms with Crippen molar-refractivity contribution >= 4 is 17.5 Å². The van der Waals surface area contributed by atoms with E-state index in [1.165, 1.54) is 4.90 Å². The van der Waals surface area contributed by atoms with Gasteiger partial charge >= 0.3 is 0 Å². The summed E-state index contributed by atoms with van der Waals surface area (Å²) < 4.78 is 0. The summed E-state index contributed by atoms with van der Waals surface area (Å²) >= 11 is 1.78. The molecule has 2 nitrogen and oxygen atoms in total. The van der Waals surface area contributed by atoms with E-state index in [2.05, 4.69) is 6.92 Å². The first-order chi connectivity index (χ1) is 7.92. The summed E-state index contributed by atoms with van der Waals surface area (Å²) in [7, 11) is 0. The van der Waals surface area contributed by atoms with Gasteiger partial charge in [-0.1, -0.05) is 19.1 Å². The normalized spacial score (nSPS) is 11.5. The van der Waals surface area contributed by atoms with Crippen LogP contribution >= 0.6 is 11.8 Å². The van der Waals surface area contributed by atoms with Crippen LogP contribution in [0.25, 0.3) is 0 Å². The molecule has 0 aliphatic heterocycles. The standard InChI is InChI=1S/C14H21NOS/c1-4-17-12-7-5-11(6-8-12)13(16)9-10-14(2,3)15/h5-8H,4,9-10,15H2,1-3H3. The number of rotatable bonds is 6. The van der Waals surface area contributed by atoms with Crippen molar-refractivity contribution < 1.29 is 4.79 Å². The Balaban J connectivity index is 2.57. The highest BCUT2D eigenvalue weighted by Gasteiger charge is 2.14. The molecule has 0 bridgehead atoms. The Morgan fingerprint density at radius 2 is 1.88 bits per heavy atom. The second-order valence-corrected chi connectivity index (χ2v) is 6.21. The third-order valence-electron chi connectivity index (χ3n) is 2.48. The summed E-state index contributed by atoms with van der Waals surface area (Å²) in [6.45, 7) is 6.01. The minimum atomic E-state index is -0.270. The molecule has 1 aromatic rings. The van der Waals surface area contributed by atoms with E-state index >= 15 is 0 Å².